The second-order valence-electron chi connectivity index (χ2n) is 10.1. The minimum Gasteiger partial charge on any atom is -0.481 e. The summed E-state index contributed by atoms with van der Waals surface area (Å²) < 4.78 is 25.3. The van der Waals surface area contributed by atoms with Gasteiger partial charge in [-0.3, -0.25) is 9.59 Å². The van der Waals surface area contributed by atoms with E-state index in [1.165, 1.54) is 0 Å². The number of aliphatic carboxylic acids is 3. The zero-order chi connectivity index (χ0) is 33.8. The molecule has 0 atom stereocenters. The molecule has 1 aromatic carbocycles. The van der Waals surface area contributed by atoms with Crippen molar-refractivity contribution in [1.82, 2.24) is 20.0 Å². The number of hydrogen-bond acceptors (Lipinski definition) is 9. The predicted molar refractivity (Wildman–Crippen MR) is 169 cm³/mol. The average Bonchev–Trinajstić information content (AvgIpc) is 2.96. The van der Waals surface area contributed by atoms with Crippen LogP contribution in [0.25, 0.3) is 0 Å². The van der Waals surface area contributed by atoms with Crippen molar-refractivity contribution in [3.63, 3.8) is 0 Å². The van der Waals surface area contributed by atoms with E-state index in [1.807, 2.05) is 0 Å². The smallest absolute Gasteiger partial charge is 0.336 e. The van der Waals surface area contributed by atoms with Crippen LogP contribution in [0.5, 0.6) is 0 Å². The van der Waals surface area contributed by atoms with Crippen LogP contribution < -0.4 is 5.32 Å². The molecule has 0 spiro atoms. The quantitative estimate of drug-likeness (QED) is 0.115. The van der Waals surface area contributed by atoms with Crippen LogP contribution >= 0.6 is 0 Å². The van der Waals surface area contributed by atoms with Gasteiger partial charge in [-0.25, -0.2) is 18.0 Å². The van der Waals surface area contributed by atoms with Crippen molar-refractivity contribution in [2.45, 2.75) is 63.9 Å². The molecule has 7 N–H and O–H groups in total. The number of carboxylic acids is 3. The topological polar surface area (TPSA) is 237 Å². The monoisotopic (exact) mass is 664 g/mol. The Hall–Kier alpha value is -3.31. The van der Waals surface area contributed by atoms with Gasteiger partial charge in [-0.15, -0.1) is 0 Å². The van der Waals surface area contributed by atoms with Crippen molar-refractivity contribution in [2.24, 2.45) is 0 Å². The maximum atomic E-state index is 12.8. The molecule has 45 heavy (non-hydrogen) atoms. The van der Waals surface area contributed by atoms with E-state index < -0.39 is 46.2 Å². The van der Waals surface area contributed by atoms with E-state index >= 15 is 0 Å². The molecular formula is C29H52N4O11S. The molecule has 1 rings (SSSR count). The first-order valence-electron chi connectivity index (χ1n) is 14.8. The lowest BCUT2D eigenvalue weighted by Crippen LogP contribution is -2.45. The lowest BCUT2D eigenvalue weighted by molar-refractivity contribution is -0.170. The highest BCUT2D eigenvalue weighted by Crippen LogP contribution is 2.16. The van der Waals surface area contributed by atoms with Gasteiger partial charge in [0.2, 0.25) is 0 Å². The summed E-state index contributed by atoms with van der Waals surface area (Å²) >= 11 is 0. The van der Waals surface area contributed by atoms with Crippen LogP contribution in [0.15, 0.2) is 35.2 Å². The number of sulfone groups is 1. The highest BCUT2D eigenvalue weighted by atomic mass is 32.2. The van der Waals surface area contributed by atoms with E-state index in [4.69, 9.17) is 20.4 Å². The molecule has 0 aliphatic carbocycles. The maximum absolute atomic E-state index is 12.8. The molecular weight excluding hydrogens is 612 g/mol. The van der Waals surface area contributed by atoms with Crippen LogP contribution in [0.4, 0.5) is 4.79 Å². The summed E-state index contributed by atoms with van der Waals surface area (Å²) in [4.78, 5) is 49.8. The zero-order valence-electron chi connectivity index (χ0n) is 26.8. The number of likely N-dealkylation sites (N-methyl/N-ethyl adjacent to an activating group) is 1. The molecule has 0 unspecified atom stereocenters. The van der Waals surface area contributed by atoms with Crippen molar-refractivity contribution < 1.29 is 53.5 Å². The van der Waals surface area contributed by atoms with Gasteiger partial charge in [0.25, 0.3) is 0 Å². The van der Waals surface area contributed by atoms with E-state index in [9.17, 15) is 27.6 Å². The molecule has 16 heteroatoms. The Kier molecular flexibility index (Phi) is 22.5. The number of urea groups is 1. The van der Waals surface area contributed by atoms with Crippen LogP contribution in [-0.4, -0.2) is 143 Å². The van der Waals surface area contributed by atoms with Gasteiger partial charge in [0.05, 0.1) is 23.5 Å². The van der Waals surface area contributed by atoms with Crippen molar-refractivity contribution in [3.8, 4) is 0 Å². The fourth-order valence-corrected chi connectivity index (χ4v) is 5.42. The first-order valence-corrected chi connectivity index (χ1v) is 16.4. The number of nitrogens with zero attached hydrogens (tertiary/aromatic N) is 3. The van der Waals surface area contributed by atoms with E-state index in [0.717, 1.165) is 52.1 Å². The molecule has 0 saturated heterocycles. The van der Waals surface area contributed by atoms with Gasteiger partial charge in [0, 0.05) is 26.2 Å². The van der Waals surface area contributed by atoms with Crippen molar-refractivity contribution in [3.05, 3.63) is 30.3 Å². The van der Waals surface area contributed by atoms with Gasteiger partial charge >= 0.3 is 23.9 Å². The molecule has 0 aromatic heterocycles. The third-order valence-corrected chi connectivity index (χ3v) is 8.66. The van der Waals surface area contributed by atoms with Gasteiger partial charge < -0.3 is 45.9 Å². The van der Waals surface area contributed by atoms with Crippen molar-refractivity contribution >= 4 is 33.8 Å². The number of rotatable bonds is 21. The number of carboxylic acid groups (broad SMARTS) is 3. The Morgan fingerprint density at radius 3 is 1.67 bits per heavy atom. The Morgan fingerprint density at radius 1 is 0.756 bits per heavy atom. The second kappa shape index (κ2) is 23.1. The van der Waals surface area contributed by atoms with E-state index in [2.05, 4.69) is 42.8 Å². The largest absolute Gasteiger partial charge is 0.481 e. The lowest BCUT2D eigenvalue weighted by atomic mass is 9.96. The van der Waals surface area contributed by atoms with Crippen LogP contribution in [-0.2, 0) is 24.2 Å². The third kappa shape index (κ3) is 18.3. The van der Waals surface area contributed by atoms with Gasteiger partial charge in [-0.1, -0.05) is 45.9 Å². The highest BCUT2D eigenvalue weighted by molar-refractivity contribution is 7.91. The van der Waals surface area contributed by atoms with Crippen LogP contribution in [0, 0.1) is 0 Å². The molecule has 0 fully saturated rings. The molecule has 0 bridgehead atoms. The Balaban J connectivity index is 0. The SMILES string of the molecule is CCN(CC)CCCCN(CCS(=O)(=O)c1ccccc1)C(=O)NCCN(CC)CC.O.O=C(O)CC(O)(CC(=O)O)C(=O)O. The predicted octanol–water partition coefficient (Wildman–Crippen LogP) is 0.863. The lowest BCUT2D eigenvalue weighted by Gasteiger charge is -2.25. The average molecular weight is 665 g/mol. The summed E-state index contributed by atoms with van der Waals surface area (Å²) in [6.45, 7) is 15.5. The third-order valence-electron chi connectivity index (χ3n) is 6.95. The van der Waals surface area contributed by atoms with Crippen LogP contribution in [0.3, 0.4) is 0 Å². The maximum Gasteiger partial charge on any atom is 0.336 e. The number of carbonyl (C=O) groups excluding carboxylic acids is 1. The van der Waals surface area contributed by atoms with Crippen LogP contribution in [0.2, 0.25) is 0 Å². The number of carbonyl (C=O) groups is 4. The van der Waals surface area contributed by atoms with Crippen molar-refractivity contribution in [2.75, 3.05) is 64.7 Å². The first-order chi connectivity index (χ1) is 20.6. The summed E-state index contributed by atoms with van der Waals surface area (Å²) in [5.41, 5.74) is -2.74. The normalized spacial score (nSPS) is 11.3. The van der Waals surface area contributed by atoms with E-state index in [1.54, 1.807) is 35.2 Å². The summed E-state index contributed by atoms with van der Waals surface area (Å²) in [7, 11) is -3.42. The zero-order valence-corrected chi connectivity index (χ0v) is 27.6. The number of aliphatic hydroxyl groups is 1. The minimum absolute atomic E-state index is 0. The molecule has 260 valence electrons. The molecule has 0 aliphatic heterocycles. The van der Waals surface area contributed by atoms with E-state index in [0.29, 0.717) is 18.0 Å². The van der Waals surface area contributed by atoms with Gasteiger partial charge in [0.15, 0.2) is 15.4 Å². The van der Waals surface area contributed by atoms with Gasteiger partial charge in [0.1, 0.15) is 0 Å². The second-order valence-corrected chi connectivity index (χ2v) is 12.2. The number of nitrogens with one attached hydrogen (secondary N) is 1. The molecule has 0 saturated carbocycles. The Labute approximate surface area is 266 Å². The van der Waals surface area contributed by atoms with Gasteiger partial charge in [-0.2, -0.15) is 0 Å². The molecule has 15 nitrogen and oxygen atoms in total. The fraction of sp³-hybridized carbons (Fsp3) is 0.655. The molecule has 1 aromatic rings. The number of benzene rings is 1. The van der Waals surface area contributed by atoms with E-state index in [-0.39, 0.29) is 23.8 Å². The highest BCUT2D eigenvalue weighted by Gasteiger charge is 2.40. The Bertz CT molecular complexity index is 1100. The minimum atomic E-state index is -3.42. The number of amides is 2. The standard InChI is InChI=1S/C23H42N4O3S.C6H8O7.H2O/c1-5-25(6-2)17-12-13-18-27(23(28)24-16-19-26(7-3)8-4)20-21-31(29,30)22-14-10-9-11-15-22;7-3(8)1-6(13,5(11)12)2-4(9)10;/h9-11,14-15H,5-8,12-13,16-21H2,1-4H3,(H,24,28);13H,1-2H2,(H,7,8)(H,9,10)(H,11,12);1H2. The summed E-state index contributed by atoms with van der Waals surface area (Å²) in [6, 6.07) is 8.26. The summed E-state index contributed by atoms with van der Waals surface area (Å²) in [5, 5.41) is 36.8. The summed E-state index contributed by atoms with van der Waals surface area (Å²) in [5.74, 6) is -5.09. The van der Waals surface area contributed by atoms with Crippen LogP contribution in [0.1, 0.15) is 53.4 Å². The molecule has 2 amide bonds. The number of unbranched alkanes of at least 4 members (excludes halogenated alkanes) is 1. The number of hydrogen-bond donors (Lipinski definition) is 5. The summed E-state index contributed by atoms with van der Waals surface area (Å²) in [6.07, 6.45) is -0.453. The first kappa shape index (κ1) is 43.8. The molecule has 0 radical (unpaired) electrons. The fourth-order valence-electron chi connectivity index (χ4n) is 4.16. The molecule has 0 aliphatic rings. The van der Waals surface area contributed by atoms with Crippen molar-refractivity contribution in [1.29, 1.82) is 0 Å². The van der Waals surface area contributed by atoms with Gasteiger partial charge in [-0.05, 0) is 57.7 Å². The molecule has 0 heterocycles. The Morgan fingerprint density at radius 2 is 1.22 bits per heavy atom.